The third-order valence-corrected chi connectivity index (χ3v) is 2.15. The minimum Gasteiger partial charge on any atom is -0.353 e. The summed E-state index contributed by atoms with van der Waals surface area (Å²) in [5.74, 6) is 0. The molecule has 0 N–H and O–H groups in total. The van der Waals surface area contributed by atoms with E-state index in [9.17, 15) is 0 Å². The second-order valence-electron chi connectivity index (χ2n) is 3.47. The number of allylic oxidation sites excluding steroid dienone is 1. The Bertz CT molecular complexity index is 148. The van der Waals surface area contributed by atoms with Gasteiger partial charge >= 0.3 is 0 Å². The van der Waals surface area contributed by atoms with Gasteiger partial charge in [-0.2, -0.15) is 0 Å². The van der Waals surface area contributed by atoms with Gasteiger partial charge in [0.1, 0.15) is 0 Å². The van der Waals surface area contributed by atoms with Crippen LogP contribution in [0.15, 0.2) is 12.2 Å². The lowest BCUT2D eigenvalue weighted by Crippen LogP contribution is -2.25. The lowest BCUT2D eigenvalue weighted by atomic mass is 10.2. The van der Waals surface area contributed by atoms with Crippen molar-refractivity contribution in [2.24, 2.45) is 0 Å². The molecule has 1 aliphatic rings. The summed E-state index contributed by atoms with van der Waals surface area (Å²) in [7, 11) is 0. The van der Waals surface area contributed by atoms with E-state index in [4.69, 9.17) is 9.47 Å². The van der Waals surface area contributed by atoms with Crippen LogP contribution >= 0.6 is 0 Å². The van der Waals surface area contributed by atoms with E-state index < -0.39 is 0 Å². The Kier molecular flexibility index (Phi) is 5.09. The van der Waals surface area contributed by atoms with Crippen molar-refractivity contribution in [3.63, 3.8) is 0 Å². The Morgan fingerprint density at radius 1 is 1.54 bits per heavy atom. The molecule has 0 aliphatic carbocycles. The van der Waals surface area contributed by atoms with Crippen LogP contribution in [-0.2, 0) is 9.47 Å². The van der Waals surface area contributed by atoms with Crippen LogP contribution in [0.1, 0.15) is 39.5 Å². The molecule has 0 amide bonds. The van der Waals surface area contributed by atoms with Gasteiger partial charge in [0.15, 0.2) is 6.29 Å². The van der Waals surface area contributed by atoms with Gasteiger partial charge in [0, 0.05) is 6.61 Å². The Morgan fingerprint density at radius 2 is 2.38 bits per heavy atom. The highest BCUT2D eigenvalue weighted by Crippen LogP contribution is 2.15. The van der Waals surface area contributed by atoms with Gasteiger partial charge in [-0.05, 0) is 32.6 Å². The highest BCUT2D eigenvalue weighted by molar-refractivity contribution is 4.86. The van der Waals surface area contributed by atoms with Crippen LogP contribution in [-0.4, -0.2) is 19.0 Å². The monoisotopic (exact) mass is 184 g/mol. The molecule has 1 fully saturated rings. The summed E-state index contributed by atoms with van der Waals surface area (Å²) in [4.78, 5) is 0. The highest BCUT2D eigenvalue weighted by atomic mass is 16.7. The van der Waals surface area contributed by atoms with E-state index >= 15 is 0 Å². The van der Waals surface area contributed by atoms with Gasteiger partial charge in [0.25, 0.3) is 0 Å². The summed E-state index contributed by atoms with van der Waals surface area (Å²) in [5.41, 5.74) is 0. The van der Waals surface area contributed by atoms with Gasteiger partial charge in [-0.1, -0.05) is 19.1 Å². The fourth-order valence-electron chi connectivity index (χ4n) is 1.43. The molecular formula is C11H20O2. The van der Waals surface area contributed by atoms with Crippen LogP contribution in [0.4, 0.5) is 0 Å². The molecule has 13 heavy (non-hydrogen) atoms. The van der Waals surface area contributed by atoms with Gasteiger partial charge in [-0.3, -0.25) is 0 Å². The molecule has 2 nitrogen and oxygen atoms in total. The van der Waals surface area contributed by atoms with Crippen LogP contribution in [0.5, 0.6) is 0 Å². The van der Waals surface area contributed by atoms with Crippen molar-refractivity contribution in [3.8, 4) is 0 Å². The molecule has 0 spiro atoms. The van der Waals surface area contributed by atoms with Gasteiger partial charge in [0.2, 0.25) is 0 Å². The molecule has 1 aliphatic heterocycles. The summed E-state index contributed by atoms with van der Waals surface area (Å²) in [6.07, 6.45) is 8.97. The van der Waals surface area contributed by atoms with Crippen molar-refractivity contribution in [2.45, 2.75) is 51.9 Å². The Balaban J connectivity index is 2.18. The fraction of sp³-hybridized carbons (Fsp3) is 0.818. The third-order valence-electron chi connectivity index (χ3n) is 2.15. The van der Waals surface area contributed by atoms with Crippen LogP contribution < -0.4 is 0 Å². The Labute approximate surface area is 80.9 Å². The third kappa shape index (κ3) is 4.44. The number of hydrogen-bond acceptors (Lipinski definition) is 2. The highest BCUT2D eigenvalue weighted by Gasteiger charge is 2.15. The van der Waals surface area contributed by atoms with Crippen LogP contribution in [0.3, 0.4) is 0 Å². The molecule has 1 heterocycles. The summed E-state index contributed by atoms with van der Waals surface area (Å²) >= 11 is 0. The maximum absolute atomic E-state index is 5.68. The second-order valence-corrected chi connectivity index (χ2v) is 3.47. The normalized spacial score (nSPS) is 26.5. The summed E-state index contributed by atoms with van der Waals surface area (Å²) in [6.45, 7) is 5.04. The maximum atomic E-state index is 5.68. The molecule has 1 unspecified atom stereocenters. The van der Waals surface area contributed by atoms with E-state index in [0.717, 1.165) is 19.4 Å². The fourth-order valence-corrected chi connectivity index (χ4v) is 1.43. The second kappa shape index (κ2) is 6.17. The molecule has 0 aromatic rings. The first-order valence-electron chi connectivity index (χ1n) is 5.26. The predicted octanol–water partition coefficient (Wildman–Crippen LogP) is 2.88. The maximum Gasteiger partial charge on any atom is 0.158 e. The van der Waals surface area contributed by atoms with E-state index in [1.807, 2.05) is 0 Å². The zero-order valence-corrected chi connectivity index (χ0v) is 8.66. The minimum absolute atomic E-state index is 0.0326. The first kappa shape index (κ1) is 10.7. The van der Waals surface area contributed by atoms with Crippen molar-refractivity contribution >= 4 is 0 Å². The van der Waals surface area contributed by atoms with E-state index in [1.54, 1.807) is 0 Å². The largest absolute Gasteiger partial charge is 0.353 e. The first-order valence-corrected chi connectivity index (χ1v) is 5.26. The van der Waals surface area contributed by atoms with Crippen molar-refractivity contribution in [2.75, 3.05) is 6.61 Å². The van der Waals surface area contributed by atoms with Crippen molar-refractivity contribution in [1.82, 2.24) is 0 Å². The van der Waals surface area contributed by atoms with Gasteiger partial charge in [0.05, 0.1) is 6.10 Å². The minimum atomic E-state index is 0.0326. The molecule has 0 radical (unpaired) electrons. The lowest BCUT2D eigenvalue weighted by Gasteiger charge is -2.24. The zero-order valence-electron chi connectivity index (χ0n) is 8.66. The van der Waals surface area contributed by atoms with E-state index in [-0.39, 0.29) is 12.4 Å². The average Bonchev–Trinajstić information content (AvgIpc) is 2.16. The molecule has 0 bridgehead atoms. The number of rotatable bonds is 4. The van der Waals surface area contributed by atoms with Crippen molar-refractivity contribution < 1.29 is 9.47 Å². The van der Waals surface area contributed by atoms with Crippen LogP contribution in [0.2, 0.25) is 0 Å². The topological polar surface area (TPSA) is 18.5 Å². The molecular weight excluding hydrogens is 164 g/mol. The molecule has 0 aromatic heterocycles. The molecule has 2 heteroatoms. The van der Waals surface area contributed by atoms with Crippen LogP contribution in [0, 0.1) is 0 Å². The van der Waals surface area contributed by atoms with Gasteiger partial charge in [-0.25, -0.2) is 0 Å². The molecule has 76 valence electrons. The smallest absolute Gasteiger partial charge is 0.158 e. The predicted molar refractivity (Wildman–Crippen MR) is 53.6 cm³/mol. The molecule has 0 aromatic carbocycles. The Morgan fingerprint density at radius 3 is 3.00 bits per heavy atom. The first-order chi connectivity index (χ1) is 6.33. The van der Waals surface area contributed by atoms with Gasteiger partial charge in [-0.15, -0.1) is 0 Å². The number of hydrogen-bond donors (Lipinski definition) is 0. The zero-order chi connectivity index (χ0) is 9.52. The molecule has 0 saturated carbocycles. The standard InChI is InChI=1S/C11H20O2/c1-3-4-7-10(2)13-11-8-5-6-9-12-11/h4,7,10-11H,3,5-6,8-9H2,1-2H3/b7-4-/t10-,11?/m0/s1. The van der Waals surface area contributed by atoms with Crippen molar-refractivity contribution in [1.29, 1.82) is 0 Å². The van der Waals surface area contributed by atoms with Gasteiger partial charge < -0.3 is 9.47 Å². The summed E-state index contributed by atoms with van der Waals surface area (Å²) in [6, 6.07) is 0. The molecule has 1 saturated heterocycles. The van der Waals surface area contributed by atoms with E-state index in [0.29, 0.717) is 0 Å². The summed E-state index contributed by atoms with van der Waals surface area (Å²) < 4.78 is 11.2. The molecule has 1 rings (SSSR count). The van der Waals surface area contributed by atoms with E-state index in [2.05, 4.69) is 26.0 Å². The lowest BCUT2D eigenvalue weighted by molar-refractivity contribution is -0.174. The average molecular weight is 184 g/mol. The molecule has 2 atom stereocenters. The quantitative estimate of drug-likeness (QED) is 0.625. The SMILES string of the molecule is CC/C=C\[C@H](C)OC1CCCCO1. The van der Waals surface area contributed by atoms with Crippen molar-refractivity contribution in [3.05, 3.63) is 12.2 Å². The summed E-state index contributed by atoms with van der Waals surface area (Å²) in [5, 5.41) is 0. The van der Waals surface area contributed by atoms with E-state index in [1.165, 1.54) is 12.8 Å². The number of ether oxygens (including phenoxy) is 2. The Hall–Kier alpha value is -0.340. The van der Waals surface area contributed by atoms with Crippen LogP contribution in [0.25, 0.3) is 0 Å².